The highest BCUT2D eigenvalue weighted by atomic mass is 16.5. The van der Waals surface area contributed by atoms with Gasteiger partial charge in [-0.15, -0.1) is 0 Å². The molecule has 28 heavy (non-hydrogen) atoms. The maximum atomic E-state index is 12.5. The molecule has 0 unspecified atom stereocenters. The number of aromatic nitrogens is 2. The van der Waals surface area contributed by atoms with Crippen LogP contribution in [-0.2, 0) is 4.74 Å². The summed E-state index contributed by atoms with van der Waals surface area (Å²) in [6.07, 6.45) is 0. The lowest BCUT2D eigenvalue weighted by atomic mass is 10.1. The predicted octanol–water partition coefficient (Wildman–Crippen LogP) is 2.52. The van der Waals surface area contributed by atoms with Crippen LogP contribution in [0.5, 0.6) is 0 Å². The summed E-state index contributed by atoms with van der Waals surface area (Å²) in [6.45, 7) is 12.8. The zero-order valence-corrected chi connectivity index (χ0v) is 17.1. The lowest BCUT2D eigenvalue weighted by molar-refractivity contribution is 0.0383. The second-order valence-corrected chi connectivity index (χ2v) is 7.33. The van der Waals surface area contributed by atoms with Gasteiger partial charge in [0.1, 0.15) is 5.69 Å². The van der Waals surface area contributed by atoms with Crippen LogP contribution in [0.25, 0.3) is 0 Å². The highest BCUT2D eigenvalue weighted by Crippen LogP contribution is 2.24. The standard InChI is InChI=1S/C21H29N5O2/c1-14-11-15(2)19(16(3)12-14)25-21-23-17(4)13-18(24-21)20(27)22-5-6-26-7-9-28-10-8-26/h11-13H,5-10H2,1-4H3,(H,22,27)(H,23,24,25). The molecular formula is C21H29N5O2. The third-order valence-electron chi connectivity index (χ3n) is 4.82. The van der Waals surface area contributed by atoms with Crippen molar-refractivity contribution >= 4 is 17.5 Å². The van der Waals surface area contributed by atoms with Crippen molar-refractivity contribution in [1.82, 2.24) is 20.2 Å². The molecule has 1 aliphatic rings. The molecule has 0 atom stereocenters. The van der Waals surface area contributed by atoms with Crippen LogP contribution in [0.1, 0.15) is 32.9 Å². The highest BCUT2D eigenvalue weighted by molar-refractivity contribution is 5.92. The van der Waals surface area contributed by atoms with Gasteiger partial charge in [0.05, 0.1) is 13.2 Å². The third kappa shape index (κ3) is 5.27. The van der Waals surface area contributed by atoms with Crippen LogP contribution >= 0.6 is 0 Å². The normalized spacial score (nSPS) is 14.7. The summed E-state index contributed by atoms with van der Waals surface area (Å²) < 4.78 is 5.34. The van der Waals surface area contributed by atoms with Gasteiger partial charge < -0.3 is 15.4 Å². The zero-order chi connectivity index (χ0) is 20.1. The molecule has 1 aromatic heterocycles. The van der Waals surface area contributed by atoms with Crippen LogP contribution in [-0.4, -0.2) is 60.2 Å². The minimum absolute atomic E-state index is 0.181. The third-order valence-corrected chi connectivity index (χ3v) is 4.82. The largest absolute Gasteiger partial charge is 0.379 e. The molecule has 2 heterocycles. The molecule has 1 amide bonds. The van der Waals surface area contributed by atoms with E-state index in [0.717, 1.165) is 55.4 Å². The Bertz CT molecular complexity index is 824. The Labute approximate surface area is 166 Å². The summed E-state index contributed by atoms with van der Waals surface area (Å²) in [5.74, 6) is 0.257. The van der Waals surface area contributed by atoms with Gasteiger partial charge in [0, 0.05) is 37.6 Å². The van der Waals surface area contributed by atoms with Crippen molar-refractivity contribution in [1.29, 1.82) is 0 Å². The second-order valence-electron chi connectivity index (χ2n) is 7.33. The predicted molar refractivity (Wildman–Crippen MR) is 110 cm³/mol. The van der Waals surface area contributed by atoms with E-state index >= 15 is 0 Å². The second kappa shape index (κ2) is 9.12. The van der Waals surface area contributed by atoms with E-state index < -0.39 is 0 Å². The molecule has 0 aliphatic carbocycles. The molecule has 7 heteroatoms. The highest BCUT2D eigenvalue weighted by Gasteiger charge is 2.14. The fraction of sp³-hybridized carbons (Fsp3) is 0.476. The number of benzene rings is 1. The molecule has 150 valence electrons. The first-order valence-corrected chi connectivity index (χ1v) is 9.71. The van der Waals surface area contributed by atoms with Crippen LogP contribution in [0.4, 0.5) is 11.6 Å². The van der Waals surface area contributed by atoms with Crippen molar-refractivity contribution < 1.29 is 9.53 Å². The fourth-order valence-corrected chi connectivity index (χ4v) is 3.47. The molecule has 1 aliphatic heterocycles. The maximum Gasteiger partial charge on any atom is 0.270 e. The van der Waals surface area contributed by atoms with Gasteiger partial charge in [-0.25, -0.2) is 9.97 Å². The van der Waals surface area contributed by atoms with Crippen molar-refractivity contribution in [3.8, 4) is 0 Å². The molecule has 1 fully saturated rings. The number of nitrogens with zero attached hydrogens (tertiary/aromatic N) is 3. The molecule has 2 aromatic rings. The number of amides is 1. The molecule has 7 nitrogen and oxygen atoms in total. The average Bonchev–Trinajstić information content (AvgIpc) is 2.65. The number of morpholine rings is 1. The van der Waals surface area contributed by atoms with Gasteiger partial charge in [-0.3, -0.25) is 9.69 Å². The fourth-order valence-electron chi connectivity index (χ4n) is 3.47. The van der Waals surface area contributed by atoms with Crippen molar-refractivity contribution in [2.45, 2.75) is 27.7 Å². The molecule has 1 aromatic carbocycles. The Hall–Kier alpha value is -2.51. The van der Waals surface area contributed by atoms with E-state index in [4.69, 9.17) is 4.74 Å². The van der Waals surface area contributed by atoms with Crippen LogP contribution in [0.3, 0.4) is 0 Å². The van der Waals surface area contributed by atoms with Crippen LogP contribution in [0, 0.1) is 27.7 Å². The lowest BCUT2D eigenvalue weighted by Gasteiger charge is -2.26. The average molecular weight is 383 g/mol. The number of hydrogen-bond donors (Lipinski definition) is 2. The quantitative estimate of drug-likeness (QED) is 0.798. The molecule has 3 rings (SSSR count). The van der Waals surface area contributed by atoms with E-state index in [1.807, 2.05) is 6.92 Å². The number of aryl methyl sites for hydroxylation is 4. The minimum Gasteiger partial charge on any atom is -0.379 e. The Morgan fingerprint density at radius 2 is 1.75 bits per heavy atom. The van der Waals surface area contributed by atoms with E-state index in [-0.39, 0.29) is 5.91 Å². The molecule has 0 radical (unpaired) electrons. The van der Waals surface area contributed by atoms with Crippen molar-refractivity contribution in [2.75, 3.05) is 44.7 Å². The minimum atomic E-state index is -0.181. The number of ether oxygens (including phenoxy) is 1. The van der Waals surface area contributed by atoms with Gasteiger partial charge in [0.25, 0.3) is 5.91 Å². The van der Waals surface area contributed by atoms with E-state index in [1.165, 1.54) is 5.56 Å². The summed E-state index contributed by atoms with van der Waals surface area (Å²) in [5, 5.41) is 6.24. The van der Waals surface area contributed by atoms with Crippen molar-refractivity contribution in [2.24, 2.45) is 0 Å². The van der Waals surface area contributed by atoms with Gasteiger partial charge >= 0.3 is 0 Å². The Kier molecular flexibility index (Phi) is 6.59. The lowest BCUT2D eigenvalue weighted by Crippen LogP contribution is -2.41. The zero-order valence-electron chi connectivity index (χ0n) is 17.1. The Morgan fingerprint density at radius 3 is 2.43 bits per heavy atom. The van der Waals surface area contributed by atoms with E-state index in [0.29, 0.717) is 18.2 Å². The van der Waals surface area contributed by atoms with E-state index in [2.05, 4.69) is 58.4 Å². The molecule has 0 bridgehead atoms. The first kappa shape index (κ1) is 20.2. The monoisotopic (exact) mass is 383 g/mol. The Balaban J connectivity index is 1.66. The van der Waals surface area contributed by atoms with E-state index in [9.17, 15) is 4.79 Å². The number of anilines is 2. The number of nitrogens with one attached hydrogen (secondary N) is 2. The molecule has 0 saturated carbocycles. The first-order valence-electron chi connectivity index (χ1n) is 9.71. The maximum absolute atomic E-state index is 12.5. The SMILES string of the molecule is Cc1cc(C)c(Nc2nc(C)cc(C(=O)NCCN3CCOCC3)n2)c(C)c1. The topological polar surface area (TPSA) is 79.4 Å². The summed E-state index contributed by atoms with van der Waals surface area (Å²) in [6, 6.07) is 5.94. The van der Waals surface area contributed by atoms with Crippen LogP contribution in [0.15, 0.2) is 18.2 Å². The summed E-state index contributed by atoms with van der Waals surface area (Å²) in [4.78, 5) is 23.7. The molecule has 0 spiro atoms. The van der Waals surface area contributed by atoms with Gasteiger partial charge in [0.2, 0.25) is 5.95 Å². The van der Waals surface area contributed by atoms with Crippen molar-refractivity contribution in [3.63, 3.8) is 0 Å². The van der Waals surface area contributed by atoms with Crippen LogP contribution in [0.2, 0.25) is 0 Å². The number of rotatable bonds is 6. The van der Waals surface area contributed by atoms with Gasteiger partial charge in [0.15, 0.2) is 0 Å². The summed E-state index contributed by atoms with van der Waals surface area (Å²) in [5.41, 5.74) is 5.57. The van der Waals surface area contributed by atoms with Gasteiger partial charge in [-0.05, 0) is 44.9 Å². The van der Waals surface area contributed by atoms with Gasteiger partial charge in [-0.1, -0.05) is 17.7 Å². The first-order chi connectivity index (χ1) is 13.4. The van der Waals surface area contributed by atoms with Gasteiger partial charge in [-0.2, -0.15) is 0 Å². The molecular weight excluding hydrogens is 354 g/mol. The smallest absolute Gasteiger partial charge is 0.270 e. The molecule has 2 N–H and O–H groups in total. The van der Waals surface area contributed by atoms with Crippen LogP contribution < -0.4 is 10.6 Å². The van der Waals surface area contributed by atoms with Crippen molar-refractivity contribution in [3.05, 3.63) is 46.3 Å². The Morgan fingerprint density at radius 1 is 1.07 bits per heavy atom. The summed E-state index contributed by atoms with van der Waals surface area (Å²) in [7, 11) is 0. The number of carbonyl (C=O) groups excluding carboxylic acids is 1. The summed E-state index contributed by atoms with van der Waals surface area (Å²) >= 11 is 0. The number of hydrogen-bond acceptors (Lipinski definition) is 6. The van der Waals surface area contributed by atoms with E-state index in [1.54, 1.807) is 6.07 Å². The molecule has 1 saturated heterocycles. The number of carbonyl (C=O) groups is 1.